The van der Waals surface area contributed by atoms with Gasteiger partial charge in [0.1, 0.15) is 17.0 Å². The minimum atomic E-state index is -0.703. The standard InChI is InChI=1S/C15H14N2O6/c1-9-4-3-5-12(17(20)21)14(9)16-13(18)8-23-15(19)11-6-7-22-10(11)2/h3-7H,8H2,1-2H3,(H,16,18). The van der Waals surface area contributed by atoms with E-state index in [1.807, 2.05) is 0 Å². The van der Waals surface area contributed by atoms with Crippen molar-refractivity contribution in [3.8, 4) is 0 Å². The van der Waals surface area contributed by atoms with Crippen LogP contribution in [0.5, 0.6) is 0 Å². The molecule has 8 nitrogen and oxygen atoms in total. The fourth-order valence-electron chi connectivity index (χ4n) is 1.95. The first-order valence-electron chi connectivity index (χ1n) is 6.65. The van der Waals surface area contributed by atoms with E-state index in [1.165, 1.54) is 24.5 Å². The molecule has 0 aliphatic carbocycles. The van der Waals surface area contributed by atoms with Crippen LogP contribution >= 0.6 is 0 Å². The maximum absolute atomic E-state index is 11.9. The lowest BCUT2D eigenvalue weighted by Gasteiger charge is -2.09. The molecule has 0 saturated heterocycles. The third-order valence-electron chi connectivity index (χ3n) is 3.13. The lowest BCUT2D eigenvalue weighted by Crippen LogP contribution is -2.22. The summed E-state index contributed by atoms with van der Waals surface area (Å²) in [5, 5.41) is 13.4. The van der Waals surface area contributed by atoms with Crippen LogP contribution in [0.15, 0.2) is 34.9 Å². The van der Waals surface area contributed by atoms with Crippen LogP contribution in [0, 0.1) is 24.0 Å². The van der Waals surface area contributed by atoms with Crippen molar-refractivity contribution in [1.29, 1.82) is 0 Å². The van der Waals surface area contributed by atoms with Crippen LogP contribution in [-0.2, 0) is 9.53 Å². The summed E-state index contributed by atoms with van der Waals surface area (Å²) < 4.78 is 9.83. The molecule has 1 aromatic heterocycles. The molecule has 0 atom stereocenters. The first-order valence-corrected chi connectivity index (χ1v) is 6.65. The highest BCUT2D eigenvalue weighted by Crippen LogP contribution is 2.27. The number of amides is 1. The number of nitro groups is 1. The molecule has 0 fully saturated rings. The van der Waals surface area contributed by atoms with Gasteiger partial charge in [0.25, 0.3) is 11.6 Å². The first kappa shape index (κ1) is 16.2. The van der Waals surface area contributed by atoms with Gasteiger partial charge in [0.05, 0.1) is 11.2 Å². The van der Waals surface area contributed by atoms with Crippen molar-refractivity contribution in [2.75, 3.05) is 11.9 Å². The number of nitrogens with one attached hydrogen (secondary N) is 1. The zero-order valence-corrected chi connectivity index (χ0v) is 12.5. The Kier molecular flexibility index (Phi) is 4.75. The number of nitro benzene ring substituents is 1. The number of furan rings is 1. The SMILES string of the molecule is Cc1cccc([N+](=O)[O-])c1NC(=O)COC(=O)c1ccoc1C. The molecule has 0 unspecified atom stereocenters. The molecule has 120 valence electrons. The number of nitrogens with zero attached hydrogens (tertiary/aromatic N) is 1. The molecule has 0 aliphatic heterocycles. The van der Waals surface area contributed by atoms with Crippen molar-refractivity contribution in [2.45, 2.75) is 13.8 Å². The second-order valence-electron chi connectivity index (χ2n) is 4.74. The number of anilines is 1. The van der Waals surface area contributed by atoms with Crippen LogP contribution in [0.3, 0.4) is 0 Å². The quantitative estimate of drug-likeness (QED) is 0.515. The smallest absolute Gasteiger partial charge is 0.342 e. The molecule has 0 spiro atoms. The Labute approximate surface area is 131 Å². The van der Waals surface area contributed by atoms with Gasteiger partial charge in [0.2, 0.25) is 0 Å². The Morgan fingerprint density at radius 1 is 1.30 bits per heavy atom. The Hall–Kier alpha value is -3.16. The van der Waals surface area contributed by atoms with E-state index in [2.05, 4.69) is 5.32 Å². The number of esters is 1. The summed E-state index contributed by atoms with van der Waals surface area (Å²) in [5.74, 6) is -0.993. The molecular formula is C15H14N2O6. The lowest BCUT2D eigenvalue weighted by atomic mass is 10.1. The third-order valence-corrected chi connectivity index (χ3v) is 3.13. The molecule has 8 heteroatoms. The molecule has 1 N–H and O–H groups in total. The van der Waals surface area contributed by atoms with E-state index in [1.54, 1.807) is 19.9 Å². The number of benzene rings is 1. The molecule has 0 radical (unpaired) electrons. The summed E-state index contributed by atoms with van der Waals surface area (Å²) in [6, 6.07) is 5.86. The van der Waals surface area contributed by atoms with Gasteiger partial charge in [-0.25, -0.2) is 4.79 Å². The minimum Gasteiger partial charge on any atom is -0.469 e. The van der Waals surface area contributed by atoms with Gasteiger partial charge in [-0.05, 0) is 25.5 Å². The van der Waals surface area contributed by atoms with E-state index in [4.69, 9.17) is 9.15 Å². The lowest BCUT2D eigenvalue weighted by molar-refractivity contribution is -0.384. The summed E-state index contributed by atoms with van der Waals surface area (Å²) in [7, 11) is 0. The molecule has 1 aromatic carbocycles. The zero-order valence-electron chi connectivity index (χ0n) is 12.5. The van der Waals surface area contributed by atoms with E-state index >= 15 is 0 Å². The Balaban J connectivity index is 2.02. The van der Waals surface area contributed by atoms with Gasteiger partial charge < -0.3 is 14.5 Å². The number of rotatable bonds is 5. The summed E-state index contributed by atoms with van der Waals surface area (Å²) in [5.41, 5.74) is 0.609. The molecule has 2 aromatic rings. The largest absolute Gasteiger partial charge is 0.469 e. The van der Waals surface area contributed by atoms with Crippen LogP contribution in [0.1, 0.15) is 21.7 Å². The molecule has 23 heavy (non-hydrogen) atoms. The number of aryl methyl sites for hydroxylation is 2. The van der Waals surface area contributed by atoms with Crippen molar-refractivity contribution in [1.82, 2.24) is 0 Å². The van der Waals surface area contributed by atoms with E-state index in [0.717, 1.165) is 0 Å². The monoisotopic (exact) mass is 318 g/mol. The minimum absolute atomic E-state index is 0.0815. The highest BCUT2D eigenvalue weighted by Gasteiger charge is 2.19. The maximum atomic E-state index is 11.9. The topological polar surface area (TPSA) is 112 Å². The first-order chi connectivity index (χ1) is 10.9. The summed E-state index contributed by atoms with van der Waals surface area (Å²) >= 11 is 0. The average Bonchev–Trinajstić information content (AvgIpc) is 2.93. The van der Waals surface area contributed by atoms with Gasteiger partial charge >= 0.3 is 5.97 Å². The number of para-hydroxylation sites is 1. The summed E-state index contributed by atoms with van der Waals surface area (Å²) in [6.45, 7) is 2.66. The van der Waals surface area contributed by atoms with Crippen molar-refractivity contribution >= 4 is 23.3 Å². The van der Waals surface area contributed by atoms with Gasteiger partial charge in [-0.3, -0.25) is 14.9 Å². The molecule has 0 saturated carbocycles. The second kappa shape index (κ2) is 6.73. The van der Waals surface area contributed by atoms with Gasteiger partial charge in [0.15, 0.2) is 6.61 Å². The van der Waals surface area contributed by atoms with E-state index in [9.17, 15) is 19.7 Å². The van der Waals surface area contributed by atoms with E-state index in [-0.39, 0.29) is 16.9 Å². The average molecular weight is 318 g/mol. The van der Waals surface area contributed by atoms with Crippen molar-refractivity contribution in [2.24, 2.45) is 0 Å². The highest BCUT2D eigenvalue weighted by molar-refractivity contribution is 5.97. The number of hydrogen-bond donors (Lipinski definition) is 1. The van der Waals surface area contributed by atoms with Crippen LogP contribution in [0.25, 0.3) is 0 Å². The van der Waals surface area contributed by atoms with Gasteiger partial charge in [-0.2, -0.15) is 0 Å². The normalized spacial score (nSPS) is 10.2. The van der Waals surface area contributed by atoms with Crippen molar-refractivity contribution < 1.29 is 23.7 Å². The molecule has 0 aliphatic rings. The van der Waals surface area contributed by atoms with E-state index < -0.39 is 23.4 Å². The molecule has 2 rings (SSSR count). The highest BCUT2D eigenvalue weighted by atomic mass is 16.6. The van der Waals surface area contributed by atoms with E-state index in [0.29, 0.717) is 11.3 Å². The van der Waals surface area contributed by atoms with Crippen molar-refractivity contribution in [3.63, 3.8) is 0 Å². The van der Waals surface area contributed by atoms with Gasteiger partial charge in [0, 0.05) is 6.07 Å². The molecule has 1 heterocycles. The summed E-state index contributed by atoms with van der Waals surface area (Å²) in [4.78, 5) is 34.0. The number of carbonyl (C=O) groups excluding carboxylic acids is 2. The molecule has 0 bridgehead atoms. The predicted molar refractivity (Wildman–Crippen MR) is 80.2 cm³/mol. The second-order valence-corrected chi connectivity index (χ2v) is 4.74. The fourth-order valence-corrected chi connectivity index (χ4v) is 1.95. The predicted octanol–water partition coefficient (Wildman–Crippen LogP) is 2.60. The third kappa shape index (κ3) is 3.73. The zero-order chi connectivity index (χ0) is 17.0. The molecule has 1 amide bonds. The van der Waals surface area contributed by atoms with Crippen LogP contribution < -0.4 is 5.32 Å². The number of hydrogen-bond acceptors (Lipinski definition) is 6. The van der Waals surface area contributed by atoms with Crippen molar-refractivity contribution in [3.05, 3.63) is 57.5 Å². The summed E-state index contributed by atoms with van der Waals surface area (Å²) in [6.07, 6.45) is 1.34. The van der Waals surface area contributed by atoms with Crippen LogP contribution in [0.4, 0.5) is 11.4 Å². The van der Waals surface area contributed by atoms with Gasteiger partial charge in [-0.1, -0.05) is 12.1 Å². The van der Waals surface area contributed by atoms with Crippen LogP contribution in [-0.4, -0.2) is 23.4 Å². The maximum Gasteiger partial charge on any atom is 0.342 e. The Bertz CT molecular complexity index is 765. The number of carbonyl (C=O) groups is 2. The van der Waals surface area contributed by atoms with Crippen LogP contribution in [0.2, 0.25) is 0 Å². The molecular weight excluding hydrogens is 304 g/mol. The number of ether oxygens (including phenoxy) is 1. The van der Waals surface area contributed by atoms with Gasteiger partial charge in [-0.15, -0.1) is 0 Å². The fraction of sp³-hybridized carbons (Fsp3) is 0.200. The Morgan fingerprint density at radius 3 is 2.65 bits per heavy atom. The Morgan fingerprint density at radius 2 is 2.04 bits per heavy atom.